The Morgan fingerprint density at radius 1 is 1.19 bits per heavy atom. The molecule has 0 radical (unpaired) electrons. The maximum Gasteiger partial charge on any atom is 0.416 e. The van der Waals surface area contributed by atoms with Crippen LogP contribution in [0.5, 0.6) is 11.5 Å². The van der Waals surface area contributed by atoms with Gasteiger partial charge in [0.05, 0.1) is 16.3 Å². The first kappa shape index (κ1) is 18.6. The Morgan fingerprint density at radius 3 is 2.63 bits per heavy atom. The van der Waals surface area contributed by atoms with Crippen LogP contribution in [-0.4, -0.2) is 12.7 Å². The van der Waals surface area contributed by atoms with Gasteiger partial charge in [0.1, 0.15) is 11.6 Å². The summed E-state index contributed by atoms with van der Waals surface area (Å²) in [7, 11) is 0. The molecule has 0 aliphatic carbocycles. The molecule has 1 aliphatic rings. The number of hydrogen-bond donors (Lipinski definition) is 1. The van der Waals surface area contributed by atoms with Gasteiger partial charge >= 0.3 is 6.18 Å². The van der Waals surface area contributed by atoms with Crippen LogP contribution in [0.2, 0.25) is 5.02 Å². The van der Waals surface area contributed by atoms with E-state index in [0.717, 1.165) is 12.1 Å². The van der Waals surface area contributed by atoms with Crippen LogP contribution < -0.4 is 14.8 Å². The van der Waals surface area contributed by atoms with Gasteiger partial charge in [-0.25, -0.2) is 0 Å². The van der Waals surface area contributed by atoms with Gasteiger partial charge in [-0.1, -0.05) is 17.7 Å². The van der Waals surface area contributed by atoms with Crippen molar-refractivity contribution in [1.29, 1.82) is 5.26 Å². The molecular weight excluding hydrogens is 385 g/mol. The van der Waals surface area contributed by atoms with Gasteiger partial charge in [0.2, 0.25) is 6.79 Å². The second-order valence-electron chi connectivity index (χ2n) is 5.43. The molecule has 1 aliphatic heterocycles. The lowest BCUT2D eigenvalue weighted by atomic mass is 10.1. The van der Waals surface area contributed by atoms with Gasteiger partial charge in [0, 0.05) is 0 Å². The summed E-state index contributed by atoms with van der Waals surface area (Å²) in [6.45, 7) is 0.0716. The minimum absolute atomic E-state index is 0.0716. The van der Waals surface area contributed by atoms with Crippen molar-refractivity contribution in [3.05, 3.63) is 58.1 Å². The molecule has 0 saturated carbocycles. The van der Waals surface area contributed by atoms with Crippen molar-refractivity contribution in [1.82, 2.24) is 0 Å². The second kappa shape index (κ2) is 7.21. The first-order chi connectivity index (χ1) is 12.8. The number of benzene rings is 2. The highest BCUT2D eigenvalue weighted by Crippen LogP contribution is 2.35. The molecule has 1 heterocycles. The molecule has 0 spiro atoms. The summed E-state index contributed by atoms with van der Waals surface area (Å²) >= 11 is 5.85. The van der Waals surface area contributed by atoms with E-state index < -0.39 is 17.6 Å². The van der Waals surface area contributed by atoms with Crippen molar-refractivity contribution >= 4 is 29.3 Å². The molecule has 0 saturated heterocycles. The van der Waals surface area contributed by atoms with Crippen LogP contribution in [0.1, 0.15) is 11.1 Å². The molecule has 138 valence electrons. The molecule has 5 nitrogen and oxygen atoms in total. The van der Waals surface area contributed by atoms with Crippen molar-refractivity contribution in [2.45, 2.75) is 6.18 Å². The number of halogens is 4. The van der Waals surface area contributed by atoms with Crippen LogP contribution in [0.25, 0.3) is 6.08 Å². The van der Waals surface area contributed by atoms with Crippen LogP contribution >= 0.6 is 11.6 Å². The number of alkyl halides is 3. The van der Waals surface area contributed by atoms with Crippen LogP contribution in [-0.2, 0) is 11.0 Å². The summed E-state index contributed by atoms with van der Waals surface area (Å²) < 4.78 is 48.8. The fourth-order valence-corrected chi connectivity index (χ4v) is 2.47. The highest BCUT2D eigenvalue weighted by molar-refractivity contribution is 6.34. The van der Waals surface area contributed by atoms with Gasteiger partial charge in [0.25, 0.3) is 5.91 Å². The molecule has 9 heteroatoms. The quantitative estimate of drug-likeness (QED) is 0.608. The molecule has 2 aromatic rings. The van der Waals surface area contributed by atoms with E-state index >= 15 is 0 Å². The minimum Gasteiger partial charge on any atom is -0.454 e. The van der Waals surface area contributed by atoms with Crippen LogP contribution in [0.3, 0.4) is 0 Å². The lowest BCUT2D eigenvalue weighted by Gasteiger charge is -2.11. The van der Waals surface area contributed by atoms with Gasteiger partial charge in [0.15, 0.2) is 11.5 Å². The maximum atomic E-state index is 12.8. The molecular formula is C18H10ClF3N2O3. The van der Waals surface area contributed by atoms with Gasteiger partial charge in [-0.2, -0.15) is 18.4 Å². The SMILES string of the molecule is N#CC(=Cc1ccc2c(c1)OCO2)C(=O)Nc1cc(C(F)(F)F)ccc1Cl. The smallest absolute Gasteiger partial charge is 0.416 e. The largest absolute Gasteiger partial charge is 0.454 e. The third-order valence-electron chi connectivity index (χ3n) is 3.61. The first-order valence-corrected chi connectivity index (χ1v) is 7.85. The molecule has 0 fully saturated rings. The number of fused-ring (bicyclic) bond motifs is 1. The predicted molar refractivity (Wildman–Crippen MR) is 91.2 cm³/mol. The molecule has 0 aromatic heterocycles. The van der Waals surface area contributed by atoms with Gasteiger partial charge in [-0.15, -0.1) is 0 Å². The molecule has 0 unspecified atom stereocenters. The summed E-state index contributed by atoms with van der Waals surface area (Å²) in [5, 5.41) is 11.4. The van der Waals surface area contributed by atoms with Crippen LogP contribution in [0.4, 0.5) is 18.9 Å². The van der Waals surface area contributed by atoms with E-state index in [2.05, 4.69) is 5.32 Å². The molecule has 2 aromatic carbocycles. The predicted octanol–water partition coefficient (Wildman–Crippen LogP) is 4.63. The molecule has 3 rings (SSSR count). The number of hydrogen-bond acceptors (Lipinski definition) is 4. The van der Waals surface area contributed by atoms with E-state index in [9.17, 15) is 23.2 Å². The number of anilines is 1. The highest BCUT2D eigenvalue weighted by Gasteiger charge is 2.31. The monoisotopic (exact) mass is 394 g/mol. The summed E-state index contributed by atoms with van der Waals surface area (Å²) in [5.41, 5.74) is -1.05. The van der Waals surface area contributed by atoms with Crippen molar-refractivity contribution in [3.63, 3.8) is 0 Å². The summed E-state index contributed by atoms with van der Waals surface area (Å²) in [4.78, 5) is 12.3. The van der Waals surface area contributed by atoms with Crippen LogP contribution in [0.15, 0.2) is 42.0 Å². The van der Waals surface area contributed by atoms with Crippen molar-refractivity contribution in [3.8, 4) is 17.6 Å². The van der Waals surface area contributed by atoms with E-state index in [1.165, 1.54) is 6.08 Å². The lowest BCUT2D eigenvalue weighted by Crippen LogP contribution is -2.15. The number of carbonyl (C=O) groups is 1. The first-order valence-electron chi connectivity index (χ1n) is 7.47. The van der Waals surface area contributed by atoms with E-state index in [1.54, 1.807) is 24.3 Å². The number of nitrogens with zero attached hydrogens (tertiary/aromatic N) is 1. The van der Waals surface area contributed by atoms with Crippen molar-refractivity contribution in [2.24, 2.45) is 0 Å². The molecule has 27 heavy (non-hydrogen) atoms. The third kappa shape index (κ3) is 4.15. The Kier molecular flexibility index (Phi) is 4.97. The number of amides is 1. The Labute approximate surface area is 156 Å². The second-order valence-corrected chi connectivity index (χ2v) is 5.84. The van der Waals surface area contributed by atoms with Gasteiger partial charge in [-0.05, 0) is 42.0 Å². The summed E-state index contributed by atoms with van der Waals surface area (Å²) in [6.07, 6.45) is -3.32. The Morgan fingerprint density at radius 2 is 1.93 bits per heavy atom. The Balaban J connectivity index is 1.85. The van der Waals surface area contributed by atoms with Crippen molar-refractivity contribution < 1.29 is 27.4 Å². The Bertz CT molecular complexity index is 981. The number of carbonyl (C=O) groups excluding carboxylic acids is 1. The zero-order valence-corrected chi connectivity index (χ0v) is 14.2. The fraction of sp³-hybridized carbons (Fsp3) is 0.111. The topological polar surface area (TPSA) is 71.3 Å². The number of rotatable bonds is 3. The zero-order chi connectivity index (χ0) is 19.6. The molecule has 1 amide bonds. The normalized spacial score (nSPS) is 13.2. The number of ether oxygens (including phenoxy) is 2. The van der Waals surface area contributed by atoms with E-state index in [0.29, 0.717) is 23.1 Å². The maximum absolute atomic E-state index is 12.8. The number of nitriles is 1. The summed E-state index contributed by atoms with van der Waals surface area (Å²) in [6, 6.07) is 9.03. The van der Waals surface area contributed by atoms with E-state index in [-0.39, 0.29) is 23.1 Å². The van der Waals surface area contributed by atoms with E-state index in [4.69, 9.17) is 21.1 Å². The zero-order valence-electron chi connectivity index (χ0n) is 13.4. The molecule has 0 atom stereocenters. The van der Waals surface area contributed by atoms with Crippen LogP contribution in [0, 0.1) is 11.3 Å². The average molecular weight is 395 g/mol. The Hall–Kier alpha value is -3.18. The molecule has 0 bridgehead atoms. The fourth-order valence-electron chi connectivity index (χ4n) is 2.31. The van der Waals surface area contributed by atoms with Gasteiger partial charge in [-0.3, -0.25) is 4.79 Å². The lowest BCUT2D eigenvalue weighted by molar-refractivity contribution is -0.137. The minimum atomic E-state index is -4.59. The molecule has 1 N–H and O–H groups in total. The number of nitrogens with one attached hydrogen (secondary N) is 1. The average Bonchev–Trinajstić information content (AvgIpc) is 3.08. The standard InChI is InChI=1S/C18H10ClF3N2O3/c19-13-3-2-12(18(20,21)22)7-14(13)24-17(25)11(8-23)5-10-1-4-15-16(6-10)27-9-26-15/h1-7H,9H2,(H,24,25). The van der Waals surface area contributed by atoms with Gasteiger partial charge < -0.3 is 14.8 Å². The van der Waals surface area contributed by atoms with Crippen molar-refractivity contribution in [2.75, 3.05) is 12.1 Å². The van der Waals surface area contributed by atoms with E-state index in [1.807, 2.05) is 0 Å². The third-order valence-corrected chi connectivity index (χ3v) is 3.94. The summed E-state index contributed by atoms with van der Waals surface area (Å²) in [5.74, 6) is 0.101. The highest BCUT2D eigenvalue weighted by atomic mass is 35.5.